The molecule has 0 radical (unpaired) electrons. The van der Waals surface area contributed by atoms with Crippen LogP contribution in [0.5, 0.6) is 0 Å². The van der Waals surface area contributed by atoms with Gasteiger partial charge in [0.2, 0.25) is 0 Å². The topological polar surface area (TPSA) is 62.2 Å². The van der Waals surface area contributed by atoms with Crippen LogP contribution in [-0.2, 0) is 6.54 Å². The number of thiazole rings is 1. The van der Waals surface area contributed by atoms with Gasteiger partial charge in [-0.1, -0.05) is 12.1 Å². The fourth-order valence-electron chi connectivity index (χ4n) is 1.50. The Morgan fingerprint density at radius 1 is 1.47 bits per heavy atom. The lowest BCUT2D eigenvalue weighted by Crippen LogP contribution is -2.05. The number of hydrogen-bond donors (Lipinski definition) is 2. The molecule has 0 fully saturated rings. The van der Waals surface area contributed by atoms with Gasteiger partial charge in [-0.05, 0) is 19.1 Å². The van der Waals surface area contributed by atoms with Gasteiger partial charge in [0.05, 0.1) is 23.3 Å². The van der Waals surface area contributed by atoms with Crippen molar-refractivity contribution < 1.29 is 9.90 Å². The lowest BCUT2D eigenvalue weighted by atomic mass is 10.2. The van der Waals surface area contributed by atoms with Gasteiger partial charge in [0, 0.05) is 10.6 Å². The first-order valence-electron chi connectivity index (χ1n) is 5.13. The number of hydrogen-bond acceptors (Lipinski definition) is 4. The van der Waals surface area contributed by atoms with Gasteiger partial charge in [0.1, 0.15) is 0 Å². The van der Waals surface area contributed by atoms with E-state index in [2.05, 4.69) is 10.3 Å². The summed E-state index contributed by atoms with van der Waals surface area (Å²) in [5.74, 6) is -0.922. The smallest absolute Gasteiger partial charge is 0.337 e. The lowest BCUT2D eigenvalue weighted by molar-refractivity contribution is 0.0698. The zero-order valence-electron chi connectivity index (χ0n) is 9.30. The zero-order chi connectivity index (χ0) is 12.3. The molecule has 2 N–H and O–H groups in total. The average Bonchev–Trinajstić information content (AvgIpc) is 2.72. The molecule has 4 nitrogen and oxygen atoms in total. The highest BCUT2D eigenvalue weighted by Gasteiger charge is 2.09. The maximum absolute atomic E-state index is 11.0. The van der Waals surface area contributed by atoms with E-state index in [1.54, 1.807) is 35.0 Å². The molecule has 2 aromatic rings. The summed E-state index contributed by atoms with van der Waals surface area (Å²) in [5.41, 5.74) is 3.69. The van der Waals surface area contributed by atoms with Crippen LogP contribution in [-0.4, -0.2) is 16.1 Å². The molecule has 0 amide bonds. The Bertz CT molecular complexity index is 537. The minimum Gasteiger partial charge on any atom is -0.478 e. The highest BCUT2D eigenvalue weighted by molar-refractivity contribution is 7.09. The van der Waals surface area contributed by atoms with Gasteiger partial charge >= 0.3 is 5.97 Å². The van der Waals surface area contributed by atoms with Crippen molar-refractivity contribution in [1.29, 1.82) is 0 Å². The average molecular weight is 248 g/mol. The fraction of sp³-hybridized carbons (Fsp3) is 0.167. The molecule has 1 heterocycles. The highest BCUT2D eigenvalue weighted by atomic mass is 32.1. The SMILES string of the molecule is Cc1ncsc1CNc1ccccc1C(=O)O. The van der Waals surface area contributed by atoms with Gasteiger partial charge in [-0.3, -0.25) is 0 Å². The number of para-hydroxylation sites is 1. The maximum Gasteiger partial charge on any atom is 0.337 e. The minimum absolute atomic E-state index is 0.287. The van der Waals surface area contributed by atoms with Crippen LogP contribution < -0.4 is 5.32 Å². The Balaban J connectivity index is 2.14. The van der Waals surface area contributed by atoms with Gasteiger partial charge < -0.3 is 10.4 Å². The van der Waals surface area contributed by atoms with Crippen molar-refractivity contribution in [3.05, 3.63) is 45.9 Å². The summed E-state index contributed by atoms with van der Waals surface area (Å²) in [6.07, 6.45) is 0. The lowest BCUT2D eigenvalue weighted by Gasteiger charge is -2.08. The second-order valence-electron chi connectivity index (χ2n) is 3.57. The quantitative estimate of drug-likeness (QED) is 0.873. The van der Waals surface area contributed by atoms with Gasteiger partial charge in [-0.15, -0.1) is 11.3 Å². The van der Waals surface area contributed by atoms with E-state index in [9.17, 15) is 4.79 Å². The van der Waals surface area contributed by atoms with Crippen molar-refractivity contribution in [3.8, 4) is 0 Å². The first-order chi connectivity index (χ1) is 8.18. The van der Waals surface area contributed by atoms with E-state index in [-0.39, 0.29) is 5.56 Å². The molecule has 0 aliphatic carbocycles. The Hall–Kier alpha value is -1.88. The molecular weight excluding hydrogens is 236 g/mol. The number of anilines is 1. The minimum atomic E-state index is -0.922. The Labute approximate surface area is 103 Å². The van der Waals surface area contributed by atoms with E-state index in [0.717, 1.165) is 10.6 Å². The number of aryl methyl sites for hydroxylation is 1. The summed E-state index contributed by atoms with van der Waals surface area (Å²) in [4.78, 5) is 16.3. The van der Waals surface area contributed by atoms with E-state index in [1.165, 1.54) is 0 Å². The van der Waals surface area contributed by atoms with Crippen LogP contribution in [0.3, 0.4) is 0 Å². The first kappa shape index (κ1) is 11.6. The summed E-state index contributed by atoms with van der Waals surface area (Å²) in [6.45, 7) is 2.54. The molecule has 5 heteroatoms. The molecule has 0 bridgehead atoms. The van der Waals surface area contributed by atoms with Crippen LogP contribution >= 0.6 is 11.3 Å². The van der Waals surface area contributed by atoms with E-state index in [4.69, 9.17) is 5.11 Å². The summed E-state index contributed by atoms with van der Waals surface area (Å²) in [5, 5.41) is 12.2. The Morgan fingerprint density at radius 3 is 2.88 bits per heavy atom. The van der Waals surface area contributed by atoms with E-state index in [0.29, 0.717) is 12.2 Å². The third-order valence-corrected chi connectivity index (χ3v) is 3.38. The monoisotopic (exact) mass is 248 g/mol. The maximum atomic E-state index is 11.0. The number of carboxylic acid groups (broad SMARTS) is 1. The van der Waals surface area contributed by atoms with E-state index in [1.807, 2.05) is 13.0 Å². The fourth-order valence-corrected chi connectivity index (χ4v) is 2.21. The molecule has 17 heavy (non-hydrogen) atoms. The predicted octanol–water partition coefficient (Wildman–Crippen LogP) is 2.76. The number of nitrogens with one attached hydrogen (secondary N) is 1. The predicted molar refractivity (Wildman–Crippen MR) is 67.6 cm³/mol. The standard InChI is InChI=1S/C12H12N2O2S/c1-8-11(17-7-14-8)6-13-10-5-3-2-4-9(10)12(15)16/h2-5,7,13H,6H2,1H3,(H,15,16). The van der Waals surface area contributed by atoms with Crippen LogP contribution in [0.1, 0.15) is 20.9 Å². The number of carbonyl (C=O) groups is 1. The van der Waals surface area contributed by atoms with Crippen molar-refractivity contribution in [3.63, 3.8) is 0 Å². The summed E-state index contributed by atoms with van der Waals surface area (Å²) < 4.78 is 0. The second kappa shape index (κ2) is 4.97. The van der Waals surface area contributed by atoms with Crippen LogP contribution in [0.25, 0.3) is 0 Å². The van der Waals surface area contributed by atoms with Crippen molar-refractivity contribution in [1.82, 2.24) is 4.98 Å². The molecule has 88 valence electrons. The highest BCUT2D eigenvalue weighted by Crippen LogP contribution is 2.18. The summed E-state index contributed by atoms with van der Waals surface area (Å²) in [7, 11) is 0. The van der Waals surface area contributed by atoms with Gasteiger partial charge in [-0.25, -0.2) is 9.78 Å². The first-order valence-corrected chi connectivity index (χ1v) is 6.01. The van der Waals surface area contributed by atoms with Crippen LogP contribution in [0.2, 0.25) is 0 Å². The Morgan fingerprint density at radius 2 is 2.24 bits per heavy atom. The number of aromatic nitrogens is 1. The van der Waals surface area contributed by atoms with Gasteiger partial charge in [-0.2, -0.15) is 0 Å². The molecule has 0 aliphatic rings. The molecule has 0 aliphatic heterocycles. The molecule has 0 spiro atoms. The molecule has 0 unspecified atom stereocenters. The molecule has 0 atom stereocenters. The van der Waals surface area contributed by atoms with Crippen LogP contribution in [0.15, 0.2) is 29.8 Å². The number of rotatable bonds is 4. The molecule has 1 aromatic heterocycles. The summed E-state index contributed by atoms with van der Waals surface area (Å²) in [6, 6.07) is 6.88. The third-order valence-electron chi connectivity index (χ3n) is 2.44. The normalized spacial score (nSPS) is 10.2. The van der Waals surface area contributed by atoms with Crippen molar-refractivity contribution in [2.45, 2.75) is 13.5 Å². The summed E-state index contributed by atoms with van der Waals surface area (Å²) >= 11 is 1.56. The van der Waals surface area contributed by atoms with Gasteiger partial charge in [0.25, 0.3) is 0 Å². The Kier molecular flexibility index (Phi) is 3.39. The number of carboxylic acids is 1. The largest absolute Gasteiger partial charge is 0.478 e. The van der Waals surface area contributed by atoms with Crippen molar-refractivity contribution in [2.75, 3.05) is 5.32 Å². The number of nitrogens with zero attached hydrogens (tertiary/aromatic N) is 1. The van der Waals surface area contributed by atoms with Crippen LogP contribution in [0, 0.1) is 6.92 Å². The number of benzene rings is 1. The molecular formula is C12H12N2O2S. The number of aromatic carboxylic acids is 1. The molecule has 1 aromatic carbocycles. The zero-order valence-corrected chi connectivity index (χ0v) is 10.1. The van der Waals surface area contributed by atoms with Crippen molar-refractivity contribution in [2.24, 2.45) is 0 Å². The molecule has 0 saturated carbocycles. The van der Waals surface area contributed by atoms with Crippen molar-refractivity contribution >= 4 is 23.0 Å². The van der Waals surface area contributed by atoms with E-state index >= 15 is 0 Å². The molecule has 2 rings (SSSR count). The van der Waals surface area contributed by atoms with E-state index < -0.39 is 5.97 Å². The second-order valence-corrected chi connectivity index (χ2v) is 4.50. The molecule has 0 saturated heterocycles. The van der Waals surface area contributed by atoms with Gasteiger partial charge in [0.15, 0.2) is 0 Å². The third kappa shape index (κ3) is 2.62. The van der Waals surface area contributed by atoms with Crippen LogP contribution in [0.4, 0.5) is 5.69 Å².